The van der Waals surface area contributed by atoms with Gasteiger partial charge in [0.15, 0.2) is 0 Å². The first-order chi connectivity index (χ1) is 17.5. The number of nitrogens with zero attached hydrogens (tertiary/aromatic N) is 2. The topological polar surface area (TPSA) is 80.8 Å². The highest BCUT2D eigenvalue weighted by molar-refractivity contribution is 5.95. The molecule has 1 amide bonds. The molecule has 0 saturated heterocycles. The van der Waals surface area contributed by atoms with Crippen molar-refractivity contribution in [2.24, 2.45) is 0 Å². The van der Waals surface area contributed by atoms with Crippen molar-refractivity contribution in [3.8, 4) is 0 Å². The van der Waals surface area contributed by atoms with E-state index in [0.717, 1.165) is 6.42 Å². The second-order valence-corrected chi connectivity index (χ2v) is 9.59. The van der Waals surface area contributed by atoms with Crippen LogP contribution in [-0.2, 0) is 22.4 Å². The van der Waals surface area contributed by atoms with Crippen LogP contribution < -0.4 is 5.32 Å². The molecule has 1 aromatic heterocycles. The van der Waals surface area contributed by atoms with E-state index in [4.69, 9.17) is 4.74 Å². The minimum atomic E-state index is -0.461. The molecule has 1 N–H and O–H groups in total. The van der Waals surface area contributed by atoms with Crippen molar-refractivity contribution in [1.82, 2.24) is 9.88 Å². The summed E-state index contributed by atoms with van der Waals surface area (Å²) in [6, 6.07) is 8.12. The van der Waals surface area contributed by atoms with Gasteiger partial charge in [0.05, 0.1) is 24.6 Å². The zero-order chi connectivity index (χ0) is 27.6. The molecule has 0 bridgehead atoms. The minimum Gasteiger partial charge on any atom is -0.465 e. The number of fused-ring (bicyclic) bond motifs is 1. The number of nitrogens with one attached hydrogen (secondary N) is 1. The largest absolute Gasteiger partial charge is 0.465 e. The molecule has 1 aromatic carbocycles. The molecule has 0 spiro atoms. The highest BCUT2D eigenvalue weighted by atomic mass is 16.6. The third-order valence-corrected chi connectivity index (χ3v) is 5.76. The predicted molar refractivity (Wildman–Crippen MR) is 150 cm³/mol. The summed E-state index contributed by atoms with van der Waals surface area (Å²) in [5, 5.41) is 2.85. The molecule has 198 valence electrons. The summed E-state index contributed by atoms with van der Waals surface area (Å²) in [6.45, 7) is 14.9. The fourth-order valence-electron chi connectivity index (χ4n) is 3.97. The van der Waals surface area contributed by atoms with E-state index in [-0.39, 0.29) is 12.1 Å². The molecule has 0 radical (unpaired) electrons. The van der Waals surface area contributed by atoms with Crippen LogP contribution in [0.1, 0.15) is 61.7 Å². The van der Waals surface area contributed by atoms with Gasteiger partial charge in [-0.25, -0.2) is 9.59 Å². The number of methoxy groups -OCH3 is 1. The summed E-state index contributed by atoms with van der Waals surface area (Å²) >= 11 is 0. The number of rotatable bonds is 5. The molecule has 3 rings (SSSR count). The maximum absolute atomic E-state index is 12.3. The lowest BCUT2D eigenvalue weighted by molar-refractivity contribution is 0.0223. The van der Waals surface area contributed by atoms with E-state index >= 15 is 0 Å². The number of allylic oxidation sites excluding steroid dienone is 5. The zero-order valence-corrected chi connectivity index (χ0v) is 23.1. The molecule has 7 nitrogen and oxygen atoms in total. The maximum Gasteiger partial charge on any atom is 0.410 e. The lowest BCUT2D eigenvalue weighted by Crippen LogP contribution is -2.39. The quantitative estimate of drug-likeness (QED) is 0.373. The second-order valence-electron chi connectivity index (χ2n) is 9.59. The molecule has 1 aliphatic heterocycles. The van der Waals surface area contributed by atoms with Crippen LogP contribution in [-0.4, -0.2) is 48.2 Å². The lowest BCUT2D eigenvalue weighted by Gasteiger charge is -2.31. The van der Waals surface area contributed by atoms with Crippen molar-refractivity contribution in [2.45, 2.75) is 53.2 Å². The van der Waals surface area contributed by atoms with Crippen LogP contribution in [0.15, 0.2) is 67.0 Å². The first kappa shape index (κ1) is 29.4. The van der Waals surface area contributed by atoms with Gasteiger partial charge in [-0.3, -0.25) is 4.98 Å². The van der Waals surface area contributed by atoms with Gasteiger partial charge in [0.25, 0.3) is 0 Å². The van der Waals surface area contributed by atoms with Crippen LogP contribution in [0.4, 0.5) is 10.5 Å². The molecule has 1 aliphatic rings. The molecule has 0 saturated carbocycles. The van der Waals surface area contributed by atoms with Gasteiger partial charge in [-0.15, -0.1) is 0 Å². The lowest BCUT2D eigenvalue weighted by atomic mass is 9.92. The van der Waals surface area contributed by atoms with Gasteiger partial charge >= 0.3 is 12.1 Å². The Labute approximate surface area is 220 Å². The monoisotopic (exact) mass is 505 g/mol. The van der Waals surface area contributed by atoms with Crippen LogP contribution in [0.25, 0.3) is 5.57 Å². The van der Waals surface area contributed by atoms with E-state index in [2.05, 4.69) is 59.7 Å². The van der Waals surface area contributed by atoms with Gasteiger partial charge in [-0.2, -0.15) is 0 Å². The number of hydrogen-bond donors (Lipinski definition) is 1. The number of pyridine rings is 1. The van der Waals surface area contributed by atoms with Crippen molar-refractivity contribution in [1.29, 1.82) is 0 Å². The van der Waals surface area contributed by atoms with Crippen LogP contribution in [0.2, 0.25) is 0 Å². The third kappa shape index (κ3) is 8.34. The fraction of sp³-hybridized carbons (Fsp3) is 0.367. The van der Waals surface area contributed by atoms with Crippen LogP contribution in [0.5, 0.6) is 0 Å². The van der Waals surface area contributed by atoms with Crippen molar-refractivity contribution in [3.63, 3.8) is 0 Å². The van der Waals surface area contributed by atoms with Gasteiger partial charge < -0.3 is 19.7 Å². The summed E-state index contributed by atoms with van der Waals surface area (Å²) in [4.78, 5) is 29.0. The smallest absolute Gasteiger partial charge is 0.410 e. The van der Waals surface area contributed by atoms with Crippen molar-refractivity contribution in [2.75, 3.05) is 26.0 Å². The van der Waals surface area contributed by atoms with Gasteiger partial charge in [0.1, 0.15) is 5.60 Å². The number of hydrogen-bond acceptors (Lipinski definition) is 6. The molecular weight excluding hydrogens is 466 g/mol. The van der Waals surface area contributed by atoms with Gasteiger partial charge in [-0.05, 0) is 74.9 Å². The van der Waals surface area contributed by atoms with Gasteiger partial charge in [0, 0.05) is 26.3 Å². The summed E-state index contributed by atoms with van der Waals surface area (Å²) in [6.07, 6.45) is 9.71. The summed E-state index contributed by atoms with van der Waals surface area (Å²) in [5.74, 6) is -0.359. The normalized spacial score (nSPS) is 13.5. The van der Waals surface area contributed by atoms with E-state index < -0.39 is 5.60 Å². The third-order valence-electron chi connectivity index (χ3n) is 5.76. The van der Waals surface area contributed by atoms with E-state index in [1.807, 2.05) is 32.9 Å². The zero-order valence-electron chi connectivity index (χ0n) is 23.1. The number of ether oxygens (including phenoxy) is 2. The Balaban J connectivity index is 0.000000335. The Bertz CT molecular complexity index is 1180. The first-order valence-corrected chi connectivity index (χ1v) is 12.3. The number of amides is 1. The van der Waals surface area contributed by atoms with E-state index in [1.54, 1.807) is 30.4 Å². The number of carbonyl (C=O) groups is 2. The number of anilines is 1. The molecule has 0 atom stereocenters. The standard InChI is InChI=1S/C22H29NO2.C8H10N2O2/c1-7-9-16(3)20(8-2)18-10-11-19-15-23(13-12-17(19)14-18)21(24)25-22(4,5)6;1-9-7-5-10-4-3-6(7)8(11)12-2/h7-11,14H,1,12-13,15H2,2-6H3;3-5,9H,1-2H3/b16-9-,20-8+;. The van der Waals surface area contributed by atoms with E-state index in [0.29, 0.717) is 24.3 Å². The predicted octanol–water partition coefficient (Wildman–Crippen LogP) is 6.43. The average Bonchev–Trinajstić information content (AvgIpc) is 2.87. The summed E-state index contributed by atoms with van der Waals surface area (Å²) in [5.41, 5.74) is 6.84. The number of carbonyl (C=O) groups excluding carboxylic acids is 2. The molecule has 2 heterocycles. The van der Waals surface area contributed by atoms with Crippen molar-refractivity contribution < 1.29 is 19.1 Å². The molecule has 0 aliphatic carbocycles. The van der Waals surface area contributed by atoms with Gasteiger partial charge in [-0.1, -0.05) is 43.0 Å². The Morgan fingerprint density at radius 3 is 2.51 bits per heavy atom. The van der Waals surface area contributed by atoms with Crippen LogP contribution in [0.3, 0.4) is 0 Å². The number of benzene rings is 1. The molecule has 0 unspecified atom stereocenters. The fourth-order valence-corrected chi connectivity index (χ4v) is 3.97. The highest BCUT2D eigenvalue weighted by Crippen LogP contribution is 2.28. The SMILES string of the molecule is C=C/C=C(C)\C(=C/C)c1ccc2c(c1)CCN(C(=O)OC(C)(C)C)C2.CNc1cnccc1C(=O)OC. The van der Waals surface area contributed by atoms with Crippen molar-refractivity contribution in [3.05, 3.63) is 89.3 Å². The van der Waals surface area contributed by atoms with E-state index in [9.17, 15) is 9.59 Å². The van der Waals surface area contributed by atoms with Crippen LogP contribution >= 0.6 is 0 Å². The first-order valence-electron chi connectivity index (χ1n) is 12.3. The summed E-state index contributed by atoms with van der Waals surface area (Å²) in [7, 11) is 3.08. The average molecular weight is 506 g/mol. The maximum atomic E-state index is 12.3. The molecular formula is C30H39N3O4. The Hall–Kier alpha value is -3.87. The van der Waals surface area contributed by atoms with Crippen molar-refractivity contribution >= 4 is 23.3 Å². The highest BCUT2D eigenvalue weighted by Gasteiger charge is 2.26. The van der Waals surface area contributed by atoms with Crippen LogP contribution in [0, 0.1) is 0 Å². The second kappa shape index (κ2) is 13.4. The van der Waals surface area contributed by atoms with Gasteiger partial charge in [0.2, 0.25) is 0 Å². The number of aromatic nitrogens is 1. The molecule has 0 fully saturated rings. The Morgan fingerprint density at radius 1 is 1.19 bits per heavy atom. The molecule has 37 heavy (non-hydrogen) atoms. The minimum absolute atomic E-state index is 0.235. The molecule has 7 heteroatoms. The Morgan fingerprint density at radius 2 is 1.92 bits per heavy atom. The number of esters is 1. The van der Waals surface area contributed by atoms with E-state index in [1.165, 1.54) is 34.9 Å². The summed E-state index contributed by atoms with van der Waals surface area (Å²) < 4.78 is 10.1. The molecule has 2 aromatic rings. The Kier molecular flexibility index (Phi) is 10.7.